The Hall–Kier alpha value is -3.88. The van der Waals surface area contributed by atoms with Crippen LogP contribution < -0.4 is 20.2 Å². The van der Waals surface area contributed by atoms with Gasteiger partial charge in [-0.05, 0) is 48.9 Å². The normalized spacial score (nSPS) is 12.6. The van der Waals surface area contributed by atoms with Gasteiger partial charge < -0.3 is 14.8 Å². The molecule has 7 nitrogen and oxygen atoms in total. The van der Waals surface area contributed by atoms with E-state index < -0.39 is 0 Å². The smallest absolute Gasteiger partial charge is 0.283 e. The van der Waals surface area contributed by atoms with Crippen molar-refractivity contribution >= 4 is 56.2 Å². The zero-order chi connectivity index (χ0) is 23.7. The molecule has 0 radical (unpaired) electrons. The number of hydrogen-bond acceptors (Lipinski definition) is 6. The molecule has 2 N–H and O–H groups in total. The van der Waals surface area contributed by atoms with E-state index in [-0.39, 0.29) is 18.6 Å². The monoisotopic (exact) mass is 491 g/mol. The van der Waals surface area contributed by atoms with Crippen LogP contribution in [-0.2, 0) is 0 Å². The van der Waals surface area contributed by atoms with E-state index in [0.717, 1.165) is 15.6 Å². The number of halogens is 1. The molecule has 0 atom stereocenters. The first-order chi connectivity index (χ1) is 16.5. The largest absolute Gasteiger partial charge is 0.454 e. The summed E-state index contributed by atoms with van der Waals surface area (Å²) < 4.78 is 11.5. The van der Waals surface area contributed by atoms with Crippen LogP contribution >= 0.6 is 22.9 Å². The van der Waals surface area contributed by atoms with Crippen molar-refractivity contribution in [1.29, 1.82) is 0 Å². The molecule has 2 heterocycles. The second kappa shape index (κ2) is 9.17. The third-order valence-electron chi connectivity index (χ3n) is 5.26. The number of carbonyl (C=O) groups excluding carboxylic acids is 2. The van der Waals surface area contributed by atoms with E-state index in [0.29, 0.717) is 38.4 Å². The van der Waals surface area contributed by atoms with Gasteiger partial charge in [0.05, 0.1) is 10.7 Å². The molecule has 1 aliphatic rings. The molecule has 0 saturated heterocycles. The van der Waals surface area contributed by atoms with Gasteiger partial charge in [0.25, 0.3) is 11.8 Å². The number of fused-ring (bicyclic) bond motifs is 2. The summed E-state index contributed by atoms with van der Waals surface area (Å²) in [5, 5.41) is 8.32. The van der Waals surface area contributed by atoms with Gasteiger partial charge in [-0.25, -0.2) is 5.43 Å². The molecule has 0 saturated carbocycles. The number of thiophene rings is 1. The Kier molecular flexibility index (Phi) is 5.91. The van der Waals surface area contributed by atoms with E-state index in [2.05, 4.69) is 15.8 Å². The van der Waals surface area contributed by atoms with Crippen LogP contribution in [0.3, 0.4) is 0 Å². The van der Waals surface area contributed by atoms with Gasteiger partial charge in [0.15, 0.2) is 11.5 Å². The number of carbonyl (C=O) groups is 2. The molecule has 0 unspecified atom stereocenters. The summed E-state index contributed by atoms with van der Waals surface area (Å²) in [6.45, 7) is 1.94. The first-order valence-electron chi connectivity index (χ1n) is 10.3. The number of benzene rings is 3. The summed E-state index contributed by atoms with van der Waals surface area (Å²) in [5.41, 5.74) is 5.07. The minimum absolute atomic E-state index is 0.153. The van der Waals surface area contributed by atoms with E-state index in [4.69, 9.17) is 21.1 Å². The number of amides is 2. The van der Waals surface area contributed by atoms with Crippen molar-refractivity contribution in [3.63, 3.8) is 0 Å². The van der Waals surface area contributed by atoms with Gasteiger partial charge >= 0.3 is 0 Å². The third-order valence-corrected chi connectivity index (χ3v) is 6.94. The molecule has 1 aromatic heterocycles. The average molecular weight is 492 g/mol. The van der Waals surface area contributed by atoms with Crippen LogP contribution in [0.15, 0.2) is 71.8 Å². The second-order valence-corrected chi connectivity index (χ2v) is 8.91. The standard InChI is InChI=1S/C25H18ClN3O4S/c1-14(28-29-25(31)23-22(26)18-4-2-3-5-21(18)34-23)15-6-9-17(10-7-15)27-24(30)16-8-11-19-20(12-16)33-13-32-19/h2-12H,13H2,1H3,(H,27,30)(H,29,31)/b28-14-. The number of rotatable bonds is 5. The van der Waals surface area contributed by atoms with Crippen LogP contribution in [0.1, 0.15) is 32.5 Å². The summed E-state index contributed by atoms with van der Waals surface area (Å²) in [4.78, 5) is 25.6. The number of nitrogens with zero attached hydrogens (tertiary/aromatic N) is 1. The van der Waals surface area contributed by atoms with Crippen LogP contribution in [0.2, 0.25) is 5.02 Å². The van der Waals surface area contributed by atoms with Crippen LogP contribution in [0, 0.1) is 0 Å². The zero-order valence-corrected chi connectivity index (χ0v) is 19.5. The zero-order valence-electron chi connectivity index (χ0n) is 17.9. The first-order valence-corrected chi connectivity index (χ1v) is 11.5. The Bertz CT molecular complexity index is 1450. The van der Waals surface area contributed by atoms with Crippen LogP contribution in [0.25, 0.3) is 10.1 Å². The van der Waals surface area contributed by atoms with Crippen LogP contribution in [-0.4, -0.2) is 24.3 Å². The molecular formula is C25H18ClN3O4S. The lowest BCUT2D eigenvalue weighted by molar-refractivity contribution is 0.0958. The van der Waals surface area contributed by atoms with Gasteiger partial charge in [0.1, 0.15) is 4.88 Å². The highest BCUT2D eigenvalue weighted by Crippen LogP contribution is 2.35. The van der Waals surface area contributed by atoms with E-state index >= 15 is 0 Å². The van der Waals surface area contributed by atoms with Gasteiger partial charge in [-0.3, -0.25) is 9.59 Å². The molecule has 0 bridgehead atoms. The van der Waals surface area contributed by atoms with Crippen LogP contribution in [0.5, 0.6) is 11.5 Å². The van der Waals surface area contributed by atoms with E-state index in [1.54, 1.807) is 37.3 Å². The fourth-order valence-electron chi connectivity index (χ4n) is 3.45. The molecule has 1 aliphatic heterocycles. The number of hydrazone groups is 1. The molecule has 3 aromatic carbocycles. The molecule has 0 spiro atoms. The van der Waals surface area contributed by atoms with Crippen molar-refractivity contribution in [1.82, 2.24) is 5.43 Å². The van der Waals surface area contributed by atoms with E-state index in [1.807, 2.05) is 36.4 Å². The van der Waals surface area contributed by atoms with Crippen molar-refractivity contribution in [3.05, 3.63) is 87.8 Å². The highest BCUT2D eigenvalue weighted by atomic mass is 35.5. The SMILES string of the molecule is C/C(=N/NC(=O)c1sc2ccccc2c1Cl)c1ccc(NC(=O)c2ccc3c(c2)OCO3)cc1. The highest BCUT2D eigenvalue weighted by Gasteiger charge is 2.17. The highest BCUT2D eigenvalue weighted by molar-refractivity contribution is 7.21. The maximum Gasteiger partial charge on any atom is 0.283 e. The Morgan fingerprint density at radius 1 is 0.941 bits per heavy atom. The predicted molar refractivity (Wildman–Crippen MR) is 133 cm³/mol. The molecule has 4 aromatic rings. The first kappa shape index (κ1) is 21.9. The average Bonchev–Trinajstić information content (AvgIpc) is 3.47. The number of ether oxygens (including phenoxy) is 2. The third kappa shape index (κ3) is 4.33. The summed E-state index contributed by atoms with van der Waals surface area (Å²) in [5.74, 6) is 0.549. The minimum Gasteiger partial charge on any atom is -0.454 e. The molecule has 34 heavy (non-hydrogen) atoms. The molecule has 9 heteroatoms. The Labute approximate surface area is 204 Å². The topological polar surface area (TPSA) is 89.0 Å². The Morgan fingerprint density at radius 2 is 1.68 bits per heavy atom. The van der Waals surface area contributed by atoms with E-state index in [1.165, 1.54) is 11.3 Å². The van der Waals surface area contributed by atoms with Crippen LogP contribution in [0.4, 0.5) is 5.69 Å². The summed E-state index contributed by atoms with van der Waals surface area (Å²) in [6, 6.07) is 19.8. The van der Waals surface area contributed by atoms with Gasteiger partial charge in [-0.15, -0.1) is 11.3 Å². The maximum atomic E-state index is 12.6. The fourth-order valence-corrected chi connectivity index (χ4v) is 4.85. The lowest BCUT2D eigenvalue weighted by Gasteiger charge is -2.07. The molecule has 5 rings (SSSR count). The van der Waals surface area contributed by atoms with Crippen molar-refractivity contribution in [3.8, 4) is 11.5 Å². The quantitative estimate of drug-likeness (QED) is 0.277. The van der Waals surface area contributed by atoms with Crippen molar-refractivity contribution in [2.24, 2.45) is 5.10 Å². The van der Waals surface area contributed by atoms with Crippen molar-refractivity contribution in [2.75, 3.05) is 12.1 Å². The molecule has 2 amide bonds. The maximum absolute atomic E-state index is 12.6. The molecule has 0 fully saturated rings. The summed E-state index contributed by atoms with van der Waals surface area (Å²) in [7, 11) is 0. The van der Waals surface area contributed by atoms with Crippen molar-refractivity contribution in [2.45, 2.75) is 6.92 Å². The van der Waals surface area contributed by atoms with Gasteiger partial charge in [-0.2, -0.15) is 5.10 Å². The van der Waals surface area contributed by atoms with E-state index in [9.17, 15) is 9.59 Å². The Balaban J connectivity index is 1.24. The van der Waals surface area contributed by atoms with Gasteiger partial charge in [0, 0.05) is 21.3 Å². The fraction of sp³-hybridized carbons (Fsp3) is 0.0800. The molecular weight excluding hydrogens is 474 g/mol. The molecule has 170 valence electrons. The summed E-state index contributed by atoms with van der Waals surface area (Å²) >= 11 is 7.69. The van der Waals surface area contributed by atoms with Gasteiger partial charge in [-0.1, -0.05) is 41.9 Å². The molecule has 0 aliphatic carbocycles. The lowest BCUT2D eigenvalue weighted by atomic mass is 10.1. The van der Waals surface area contributed by atoms with Gasteiger partial charge in [0.2, 0.25) is 6.79 Å². The summed E-state index contributed by atoms with van der Waals surface area (Å²) in [6.07, 6.45) is 0. The minimum atomic E-state index is -0.363. The van der Waals surface area contributed by atoms with Crippen molar-refractivity contribution < 1.29 is 19.1 Å². The number of hydrogen-bond donors (Lipinski definition) is 2. The Morgan fingerprint density at radius 3 is 2.47 bits per heavy atom. The predicted octanol–water partition coefficient (Wildman–Crippen LogP) is 5.69. The number of nitrogens with one attached hydrogen (secondary N) is 2. The lowest BCUT2D eigenvalue weighted by Crippen LogP contribution is -2.18. The number of anilines is 1. The second-order valence-electron chi connectivity index (χ2n) is 7.48.